The molecule has 0 fully saturated rings. The predicted molar refractivity (Wildman–Crippen MR) is 228 cm³/mol. The lowest BCUT2D eigenvalue weighted by molar-refractivity contribution is 0.281. The number of methoxy groups -OCH3 is 1. The monoisotopic (exact) mass is 695 g/mol. The number of benzene rings is 6. The number of ether oxygens (including phenoxy) is 1. The molecule has 0 radical (unpaired) electrons. The van der Waals surface area contributed by atoms with Gasteiger partial charge in [0.05, 0.1) is 13.7 Å². The van der Waals surface area contributed by atoms with Gasteiger partial charge in [0.25, 0.3) is 0 Å². The maximum atomic E-state index is 10.3. The minimum Gasteiger partial charge on any atom is -0.496 e. The van der Waals surface area contributed by atoms with Gasteiger partial charge in [0, 0.05) is 22.6 Å². The van der Waals surface area contributed by atoms with Crippen molar-refractivity contribution in [3.05, 3.63) is 190 Å². The molecule has 0 spiro atoms. The number of hydrogen-bond donors (Lipinski definition) is 1. The van der Waals surface area contributed by atoms with Crippen LogP contribution in [-0.4, -0.2) is 12.2 Å². The first-order chi connectivity index (χ1) is 26.1. The zero-order valence-corrected chi connectivity index (χ0v) is 30.9. The van der Waals surface area contributed by atoms with Crippen LogP contribution in [-0.2, 0) is 13.0 Å². The van der Waals surface area contributed by atoms with Crippen molar-refractivity contribution < 1.29 is 9.84 Å². The average molecular weight is 696 g/mol. The first kappa shape index (κ1) is 36.9. The van der Waals surface area contributed by atoms with Gasteiger partial charge in [-0.15, -0.1) is 0 Å². The zero-order chi connectivity index (χ0) is 36.7. The van der Waals surface area contributed by atoms with Crippen molar-refractivity contribution in [1.82, 2.24) is 0 Å². The van der Waals surface area contributed by atoms with E-state index >= 15 is 0 Å². The van der Waals surface area contributed by atoms with Crippen LogP contribution in [0.4, 0.5) is 17.1 Å². The highest BCUT2D eigenvalue weighted by molar-refractivity contribution is 5.81. The van der Waals surface area contributed by atoms with Crippen LogP contribution in [0.15, 0.2) is 146 Å². The maximum Gasteiger partial charge on any atom is 0.126 e. The van der Waals surface area contributed by atoms with Crippen LogP contribution in [0.2, 0.25) is 0 Å². The smallest absolute Gasteiger partial charge is 0.126 e. The van der Waals surface area contributed by atoms with Gasteiger partial charge in [-0.25, -0.2) is 0 Å². The minimum atomic E-state index is -0.0674. The van der Waals surface area contributed by atoms with Crippen LogP contribution in [0.1, 0.15) is 77.1 Å². The van der Waals surface area contributed by atoms with E-state index in [1.165, 1.54) is 36.8 Å². The molecule has 0 bridgehead atoms. The van der Waals surface area contributed by atoms with E-state index in [-0.39, 0.29) is 6.61 Å². The fraction of sp³-hybridized carbons (Fsp3) is 0.160. The van der Waals surface area contributed by atoms with Crippen LogP contribution in [0, 0.1) is 0 Å². The molecule has 0 aliphatic rings. The van der Waals surface area contributed by atoms with Gasteiger partial charge in [-0.05, 0) is 100 Å². The van der Waals surface area contributed by atoms with E-state index < -0.39 is 0 Å². The zero-order valence-electron chi connectivity index (χ0n) is 30.9. The Morgan fingerprint density at radius 2 is 0.981 bits per heavy atom. The van der Waals surface area contributed by atoms with E-state index in [0.717, 1.165) is 62.6 Å². The molecule has 0 atom stereocenters. The molecule has 0 aliphatic carbocycles. The first-order valence-corrected chi connectivity index (χ1v) is 18.7. The molecule has 53 heavy (non-hydrogen) atoms. The average Bonchev–Trinajstić information content (AvgIpc) is 3.22. The molecule has 266 valence electrons. The number of aryl methyl sites for hydroxylation is 1. The highest BCUT2D eigenvalue weighted by Gasteiger charge is 2.13. The Morgan fingerprint density at radius 3 is 1.47 bits per heavy atom. The van der Waals surface area contributed by atoms with E-state index in [2.05, 4.69) is 145 Å². The van der Waals surface area contributed by atoms with Gasteiger partial charge >= 0.3 is 0 Å². The Kier molecular flexibility index (Phi) is 13.3. The van der Waals surface area contributed by atoms with Crippen LogP contribution in [0.25, 0.3) is 36.5 Å². The molecular weight excluding hydrogens is 647 g/mol. The number of unbranched alkanes of at least 4 members (excludes halogenated alkanes) is 3. The van der Waals surface area contributed by atoms with Gasteiger partial charge in [-0.1, -0.05) is 160 Å². The summed E-state index contributed by atoms with van der Waals surface area (Å²) >= 11 is 0. The molecule has 0 unspecified atom stereocenters. The van der Waals surface area contributed by atoms with E-state index in [4.69, 9.17) is 4.74 Å². The molecule has 6 aromatic rings. The fourth-order valence-corrected chi connectivity index (χ4v) is 6.44. The first-order valence-electron chi connectivity index (χ1n) is 18.7. The summed E-state index contributed by atoms with van der Waals surface area (Å²) < 4.78 is 5.75. The summed E-state index contributed by atoms with van der Waals surface area (Å²) in [4.78, 5) is 2.31. The molecule has 0 aliphatic heterocycles. The number of aliphatic hydroxyl groups is 1. The third kappa shape index (κ3) is 10.3. The van der Waals surface area contributed by atoms with Crippen molar-refractivity contribution in [2.45, 2.75) is 45.6 Å². The van der Waals surface area contributed by atoms with Crippen LogP contribution < -0.4 is 9.64 Å². The second-order valence-electron chi connectivity index (χ2n) is 13.3. The van der Waals surface area contributed by atoms with E-state index in [1.807, 2.05) is 48.6 Å². The van der Waals surface area contributed by atoms with Gasteiger partial charge in [0.1, 0.15) is 5.75 Å². The molecule has 6 aromatic carbocycles. The minimum absolute atomic E-state index is 0.0674. The quantitative estimate of drug-likeness (QED) is 0.0808. The van der Waals surface area contributed by atoms with E-state index in [9.17, 15) is 5.11 Å². The van der Waals surface area contributed by atoms with Gasteiger partial charge in [0.15, 0.2) is 0 Å². The third-order valence-electron chi connectivity index (χ3n) is 9.46. The maximum absolute atomic E-state index is 10.3. The molecule has 0 saturated heterocycles. The Bertz CT molecular complexity index is 2090. The number of anilines is 3. The lowest BCUT2D eigenvalue weighted by Gasteiger charge is -2.26. The molecule has 0 saturated carbocycles. The second kappa shape index (κ2) is 19.1. The number of hydrogen-bond acceptors (Lipinski definition) is 3. The summed E-state index contributed by atoms with van der Waals surface area (Å²) in [6.45, 7) is 2.19. The second-order valence-corrected chi connectivity index (χ2v) is 13.3. The Labute approximate surface area is 315 Å². The Hall–Kier alpha value is -5.90. The normalized spacial score (nSPS) is 11.5. The third-order valence-corrected chi connectivity index (χ3v) is 9.46. The summed E-state index contributed by atoms with van der Waals surface area (Å²) in [6.07, 6.45) is 18.7. The topological polar surface area (TPSA) is 32.7 Å². The highest BCUT2D eigenvalue weighted by atomic mass is 16.5. The summed E-state index contributed by atoms with van der Waals surface area (Å²) in [5.74, 6) is 0.758. The number of aliphatic hydroxyl groups excluding tert-OH is 1. The summed E-state index contributed by atoms with van der Waals surface area (Å²) in [5, 5.41) is 10.3. The lowest BCUT2D eigenvalue weighted by Crippen LogP contribution is -2.10. The van der Waals surface area contributed by atoms with Gasteiger partial charge in [0.2, 0.25) is 0 Å². The molecule has 0 aromatic heterocycles. The summed E-state index contributed by atoms with van der Waals surface area (Å²) in [6, 6.07) is 51.0. The van der Waals surface area contributed by atoms with Crippen molar-refractivity contribution in [3.8, 4) is 5.75 Å². The van der Waals surface area contributed by atoms with Gasteiger partial charge in [-0.2, -0.15) is 0 Å². The lowest BCUT2D eigenvalue weighted by atomic mass is 10.0. The van der Waals surface area contributed by atoms with E-state index in [0.29, 0.717) is 0 Å². The van der Waals surface area contributed by atoms with Crippen LogP contribution in [0.5, 0.6) is 5.75 Å². The van der Waals surface area contributed by atoms with Crippen molar-refractivity contribution in [2.24, 2.45) is 0 Å². The van der Waals surface area contributed by atoms with Crippen molar-refractivity contribution in [2.75, 3.05) is 12.0 Å². The SMILES string of the molecule is CCCCCCc1ccc(N(c2ccc(/C=C/c3ccccc3)cc2)c2ccc(/C=C/c3cc(OC)c(/C=C/c4ccccc4)cc3CO)cc2)cc1. The van der Waals surface area contributed by atoms with E-state index in [1.54, 1.807) is 7.11 Å². The Morgan fingerprint density at radius 1 is 0.509 bits per heavy atom. The molecule has 3 nitrogen and oxygen atoms in total. The summed E-state index contributed by atoms with van der Waals surface area (Å²) in [5.41, 5.74) is 11.9. The standard InChI is InChI=1S/C50H49NO2/c1-3-4-5-8-17-41-22-30-47(31-23-41)51(48-32-24-42(25-33-48)19-18-39-13-9-6-10-14-39)49-34-26-43(27-35-49)20-28-44-37-50(53-2)45(36-46(44)38-52)29-21-40-15-11-7-12-16-40/h6-7,9-16,18-37,52H,3-5,8,17,38H2,1-2H3/b19-18+,28-20+,29-21+. The van der Waals surface area contributed by atoms with Gasteiger partial charge < -0.3 is 14.7 Å². The summed E-state index contributed by atoms with van der Waals surface area (Å²) in [7, 11) is 1.68. The van der Waals surface area contributed by atoms with Crippen LogP contribution in [0.3, 0.4) is 0 Å². The van der Waals surface area contributed by atoms with Crippen LogP contribution >= 0.6 is 0 Å². The molecule has 6 rings (SSSR count). The number of nitrogens with zero attached hydrogens (tertiary/aromatic N) is 1. The van der Waals surface area contributed by atoms with Crippen molar-refractivity contribution >= 4 is 53.5 Å². The van der Waals surface area contributed by atoms with Crippen molar-refractivity contribution in [3.63, 3.8) is 0 Å². The highest BCUT2D eigenvalue weighted by Crippen LogP contribution is 2.35. The molecule has 0 heterocycles. The predicted octanol–water partition coefficient (Wildman–Crippen LogP) is 13.3. The Balaban J connectivity index is 1.24. The number of rotatable bonds is 16. The molecule has 0 amide bonds. The largest absolute Gasteiger partial charge is 0.496 e. The van der Waals surface area contributed by atoms with Gasteiger partial charge in [-0.3, -0.25) is 0 Å². The molecule has 3 heteroatoms. The van der Waals surface area contributed by atoms with Crippen molar-refractivity contribution in [1.29, 1.82) is 0 Å². The fourth-order valence-electron chi connectivity index (χ4n) is 6.44. The molecular formula is C50H49NO2. The molecule has 1 N–H and O–H groups in total.